The SMILES string of the molecule is CC(C(=O)O)S(=O)(=O)NCc1ccc(Br)cc1. The van der Waals surface area contributed by atoms with Crippen molar-refractivity contribution >= 4 is 31.9 Å². The van der Waals surface area contributed by atoms with E-state index in [2.05, 4.69) is 20.7 Å². The van der Waals surface area contributed by atoms with Gasteiger partial charge in [0.05, 0.1) is 0 Å². The van der Waals surface area contributed by atoms with Gasteiger partial charge in [0.25, 0.3) is 0 Å². The van der Waals surface area contributed by atoms with E-state index in [-0.39, 0.29) is 6.54 Å². The summed E-state index contributed by atoms with van der Waals surface area (Å²) >= 11 is 3.26. The van der Waals surface area contributed by atoms with Crippen LogP contribution in [0.2, 0.25) is 0 Å². The van der Waals surface area contributed by atoms with Gasteiger partial charge in [-0.25, -0.2) is 13.1 Å². The number of nitrogens with one attached hydrogen (secondary N) is 1. The summed E-state index contributed by atoms with van der Waals surface area (Å²) in [5.74, 6) is -1.37. The third-order valence-electron chi connectivity index (χ3n) is 2.20. The van der Waals surface area contributed by atoms with Crippen LogP contribution >= 0.6 is 15.9 Å². The van der Waals surface area contributed by atoms with Crippen LogP contribution in [0.4, 0.5) is 0 Å². The molecular weight excluding hydrogens is 310 g/mol. The summed E-state index contributed by atoms with van der Waals surface area (Å²) < 4.78 is 26.2. The molecule has 17 heavy (non-hydrogen) atoms. The summed E-state index contributed by atoms with van der Waals surface area (Å²) in [5, 5.41) is 7.17. The average Bonchev–Trinajstić information content (AvgIpc) is 2.27. The van der Waals surface area contributed by atoms with E-state index in [1.807, 2.05) is 0 Å². The van der Waals surface area contributed by atoms with Gasteiger partial charge in [-0.2, -0.15) is 0 Å². The average molecular weight is 322 g/mol. The molecule has 0 aliphatic heterocycles. The Morgan fingerprint density at radius 2 is 1.94 bits per heavy atom. The largest absolute Gasteiger partial charge is 0.480 e. The molecule has 1 atom stereocenters. The van der Waals surface area contributed by atoms with Crippen LogP contribution in [0.3, 0.4) is 0 Å². The van der Waals surface area contributed by atoms with Crippen molar-refractivity contribution in [3.63, 3.8) is 0 Å². The van der Waals surface area contributed by atoms with Crippen molar-refractivity contribution in [3.05, 3.63) is 34.3 Å². The van der Waals surface area contributed by atoms with Crippen molar-refractivity contribution in [1.29, 1.82) is 0 Å². The second-order valence-corrected chi connectivity index (χ2v) is 6.47. The van der Waals surface area contributed by atoms with Gasteiger partial charge in [0.15, 0.2) is 5.25 Å². The van der Waals surface area contributed by atoms with Crippen molar-refractivity contribution in [1.82, 2.24) is 4.72 Å². The van der Waals surface area contributed by atoms with E-state index in [4.69, 9.17) is 5.11 Å². The van der Waals surface area contributed by atoms with Gasteiger partial charge < -0.3 is 5.11 Å². The Hall–Kier alpha value is -0.920. The van der Waals surface area contributed by atoms with Gasteiger partial charge in [-0.05, 0) is 24.6 Å². The van der Waals surface area contributed by atoms with Gasteiger partial charge in [-0.1, -0.05) is 28.1 Å². The fourth-order valence-electron chi connectivity index (χ4n) is 1.04. The molecule has 94 valence electrons. The van der Waals surface area contributed by atoms with Crippen LogP contribution in [0.25, 0.3) is 0 Å². The van der Waals surface area contributed by atoms with E-state index >= 15 is 0 Å². The van der Waals surface area contributed by atoms with Gasteiger partial charge in [0, 0.05) is 11.0 Å². The van der Waals surface area contributed by atoms with E-state index in [0.717, 1.165) is 17.0 Å². The number of carboxylic acid groups (broad SMARTS) is 1. The highest BCUT2D eigenvalue weighted by Gasteiger charge is 2.26. The van der Waals surface area contributed by atoms with Gasteiger partial charge in [0.2, 0.25) is 10.0 Å². The van der Waals surface area contributed by atoms with E-state index in [1.54, 1.807) is 24.3 Å². The first-order valence-electron chi connectivity index (χ1n) is 4.78. The van der Waals surface area contributed by atoms with Crippen LogP contribution in [0.5, 0.6) is 0 Å². The summed E-state index contributed by atoms with van der Waals surface area (Å²) in [6, 6.07) is 7.06. The standard InChI is InChI=1S/C10H12BrNO4S/c1-7(10(13)14)17(15,16)12-6-8-2-4-9(11)5-3-8/h2-5,7,12H,6H2,1H3,(H,13,14). The Labute approximate surface area is 108 Å². The zero-order valence-corrected chi connectivity index (χ0v) is 11.5. The number of hydrogen-bond acceptors (Lipinski definition) is 3. The third kappa shape index (κ3) is 4.10. The number of carbonyl (C=O) groups is 1. The highest BCUT2D eigenvalue weighted by atomic mass is 79.9. The quantitative estimate of drug-likeness (QED) is 0.857. The smallest absolute Gasteiger partial charge is 0.323 e. The number of halogens is 1. The zero-order valence-electron chi connectivity index (χ0n) is 9.05. The number of hydrogen-bond donors (Lipinski definition) is 2. The van der Waals surface area contributed by atoms with Crippen LogP contribution in [0.15, 0.2) is 28.7 Å². The summed E-state index contributed by atoms with van der Waals surface area (Å²) in [6.07, 6.45) is 0. The lowest BCUT2D eigenvalue weighted by Crippen LogP contribution is -2.37. The topological polar surface area (TPSA) is 83.5 Å². The molecule has 0 fully saturated rings. The van der Waals surface area contributed by atoms with E-state index in [0.29, 0.717) is 0 Å². The lowest BCUT2D eigenvalue weighted by Gasteiger charge is -2.10. The lowest BCUT2D eigenvalue weighted by atomic mass is 10.2. The van der Waals surface area contributed by atoms with E-state index < -0.39 is 21.2 Å². The molecule has 0 saturated carbocycles. The number of carboxylic acids is 1. The van der Waals surface area contributed by atoms with E-state index in [9.17, 15) is 13.2 Å². The maximum absolute atomic E-state index is 11.5. The first-order valence-corrected chi connectivity index (χ1v) is 7.12. The molecule has 0 amide bonds. The molecule has 0 spiro atoms. The fraction of sp³-hybridized carbons (Fsp3) is 0.300. The molecule has 1 aromatic rings. The molecule has 0 aliphatic rings. The number of aliphatic carboxylic acids is 1. The second-order valence-electron chi connectivity index (χ2n) is 3.47. The van der Waals surface area contributed by atoms with Crippen molar-refractivity contribution in [3.8, 4) is 0 Å². The normalized spacial score (nSPS) is 13.3. The summed E-state index contributed by atoms with van der Waals surface area (Å²) in [6.45, 7) is 1.21. The predicted octanol–water partition coefficient (Wildman–Crippen LogP) is 1.34. The monoisotopic (exact) mass is 321 g/mol. The Morgan fingerprint density at radius 1 is 1.41 bits per heavy atom. The molecule has 5 nitrogen and oxygen atoms in total. The molecule has 2 N–H and O–H groups in total. The molecule has 0 bridgehead atoms. The molecule has 0 aliphatic carbocycles. The number of rotatable bonds is 5. The minimum absolute atomic E-state index is 0.0766. The lowest BCUT2D eigenvalue weighted by molar-refractivity contribution is -0.136. The van der Waals surface area contributed by atoms with Crippen LogP contribution in [-0.2, 0) is 21.4 Å². The second kappa shape index (κ2) is 5.61. The first kappa shape index (κ1) is 14.1. The fourth-order valence-corrected chi connectivity index (χ4v) is 2.19. The molecule has 0 radical (unpaired) electrons. The van der Waals surface area contributed by atoms with E-state index in [1.165, 1.54) is 0 Å². The summed E-state index contributed by atoms with van der Waals surface area (Å²) in [7, 11) is -3.83. The van der Waals surface area contributed by atoms with Crippen LogP contribution < -0.4 is 4.72 Å². The molecule has 1 unspecified atom stereocenters. The maximum atomic E-state index is 11.5. The van der Waals surface area contributed by atoms with Crippen LogP contribution in [0, 0.1) is 0 Å². The first-order chi connectivity index (χ1) is 7.83. The Bertz CT molecular complexity index is 498. The van der Waals surface area contributed by atoms with Crippen LogP contribution in [0.1, 0.15) is 12.5 Å². The van der Waals surface area contributed by atoms with Gasteiger partial charge in [0.1, 0.15) is 0 Å². The number of benzene rings is 1. The minimum Gasteiger partial charge on any atom is -0.480 e. The molecule has 0 saturated heterocycles. The number of sulfonamides is 1. The third-order valence-corrected chi connectivity index (χ3v) is 4.41. The van der Waals surface area contributed by atoms with Crippen molar-refractivity contribution < 1.29 is 18.3 Å². The van der Waals surface area contributed by atoms with Gasteiger partial charge in [-0.15, -0.1) is 0 Å². The molecule has 1 aromatic carbocycles. The Balaban J connectivity index is 2.68. The zero-order chi connectivity index (χ0) is 13.1. The maximum Gasteiger partial charge on any atom is 0.323 e. The highest BCUT2D eigenvalue weighted by Crippen LogP contribution is 2.10. The van der Waals surface area contributed by atoms with Gasteiger partial charge in [-0.3, -0.25) is 4.79 Å². The molecule has 0 heterocycles. The molecule has 7 heteroatoms. The van der Waals surface area contributed by atoms with Crippen LogP contribution in [-0.4, -0.2) is 24.7 Å². The Kier molecular flexibility index (Phi) is 4.67. The summed E-state index contributed by atoms with van der Waals surface area (Å²) in [4.78, 5) is 10.6. The van der Waals surface area contributed by atoms with Gasteiger partial charge >= 0.3 is 5.97 Å². The highest BCUT2D eigenvalue weighted by molar-refractivity contribution is 9.10. The van der Waals surface area contributed by atoms with Crippen molar-refractivity contribution in [2.45, 2.75) is 18.7 Å². The molecular formula is C10H12BrNO4S. The molecule has 0 aromatic heterocycles. The van der Waals surface area contributed by atoms with Crippen molar-refractivity contribution in [2.24, 2.45) is 0 Å². The predicted molar refractivity (Wildman–Crippen MR) is 67.0 cm³/mol. The minimum atomic E-state index is -3.83. The summed E-state index contributed by atoms with van der Waals surface area (Å²) in [5.41, 5.74) is 0.759. The van der Waals surface area contributed by atoms with Crippen molar-refractivity contribution in [2.75, 3.05) is 0 Å². The molecule has 1 rings (SSSR count). The Morgan fingerprint density at radius 3 is 2.41 bits per heavy atom.